The van der Waals surface area contributed by atoms with Crippen molar-refractivity contribution in [1.82, 2.24) is 14.9 Å². The van der Waals surface area contributed by atoms with Crippen molar-refractivity contribution in [2.75, 3.05) is 38.3 Å². The Bertz CT molecular complexity index is 607. The van der Waals surface area contributed by atoms with Gasteiger partial charge in [0.2, 0.25) is 5.95 Å². The van der Waals surface area contributed by atoms with E-state index in [-0.39, 0.29) is 6.04 Å². The molecule has 2 rings (SSSR count). The summed E-state index contributed by atoms with van der Waals surface area (Å²) in [6, 6.07) is 10.9. The molecule has 0 aliphatic heterocycles. The molecule has 1 heterocycles. The van der Waals surface area contributed by atoms with Crippen LogP contribution < -0.4 is 10.6 Å². The van der Waals surface area contributed by atoms with E-state index in [1.165, 1.54) is 11.1 Å². The highest BCUT2D eigenvalue weighted by molar-refractivity contribution is 5.42. The normalized spacial score (nSPS) is 12.3. The molecule has 2 aromatic rings. The third-order valence-corrected chi connectivity index (χ3v) is 3.64. The second kappa shape index (κ2) is 7.22. The molecule has 1 atom stereocenters. The lowest BCUT2D eigenvalue weighted by atomic mass is 10.0. The quantitative estimate of drug-likeness (QED) is 0.859. The molecule has 0 amide bonds. The fraction of sp³-hybridized carbons (Fsp3) is 0.412. The maximum Gasteiger partial charge on any atom is 0.224 e. The smallest absolute Gasteiger partial charge is 0.224 e. The highest BCUT2D eigenvalue weighted by Crippen LogP contribution is 2.20. The summed E-state index contributed by atoms with van der Waals surface area (Å²) in [5.74, 6) is 1.48. The standard InChI is InChI=1S/C17H25N5/c1-12-6-8-14(9-7-12)15(22(4)5)11-19-16-10-13(2)20-17(18-3)21-16/h6-10,15H,11H2,1-5H3,(H2,18,19,20,21)/t15-/m0/s1. The van der Waals surface area contributed by atoms with Crippen molar-refractivity contribution in [3.8, 4) is 0 Å². The molecular formula is C17H25N5. The average molecular weight is 299 g/mol. The lowest BCUT2D eigenvalue weighted by molar-refractivity contribution is 0.311. The topological polar surface area (TPSA) is 53.1 Å². The van der Waals surface area contributed by atoms with Crippen LogP contribution in [0.15, 0.2) is 30.3 Å². The first-order valence-corrected chi connectivity index (χ1v) is 7.50. The number of rotatable bonds is 6. The van der Waals surface area contributed by atoms with E-state index in [0.717, 1.165) is 18.1 Å². The van der Waals surface area contributed by atoms with Crippen molar-refractivity contribution < 1.29 is 0 Å². The molecule has 5 heteroatoms. The molecule has 0 bridgehead atoms. The van der Waals surface area contributed by atoms with Crippen molar-refractivity contribution in [3.05, 3.63) is 47.2 Å². The van der Waals surface area contributed by atoms with Crippen LogP contribution >= 0.6 is 0 Å². The summed E-state index contributed by atoms with van der Waals surface area (Å²) >= 11 is 0. The van der Waals surface area contributed by atoms with Crippen LogP contribution in [0.1, 0.15) is 22.9 Å². The van der Waals surface area contributed by atoms with Gasteiger partial charge in [0.25, 0.3) is 0 Å². The summed E-state index contributed by atoms with van der Waals surface area (Å²) < 4.78 is 0. The molecule has 1 aromatic heterocycles. The summed E-state index contributed by atoms with van der Waals surface area (Å²) in [4.78, 5) is 11.0. The molecule has 1 aromatic carbocycles. The third kappa shape index (κ3) is 4.18. The minimum atomic E-state index is 0.286. The first-order chi connectivity index (χ1) is 10.5. The second-order valence-electron chi connectivity index (χ2n) is 5.74. The molecule has 0 unspecified atom stereocenters. The van der Waals surface area contributed by atoms with Crippen molar-refractivity contribution in [3.63, 3.8) is 0 Å². The van der Waals surface area contributed by atoms with E-state index in [2.05, 4.69) is 70.8 Å². The van der Waals surface area contributed by atoms with Gasteiger partial charge in [0, 0.05) is 25.4 Å². The molecule has 0 spiro atoms. The zero-order chi connectivity index (χ0) is 16.1. The highest BCUT2D eigenvalue weighted by atomic mass is 15.2. The maximum absolute atomic E-state index is 4.44. The minimum absolute atomic E-state index is 0.286. The van der Waals surface area contributed by atoms with Gasteiger partial charge < -0.3 is 15.5 Å². The number of anilines is 2. The van der Waals surface area contributed by atoms with Gasteiger partial charge in [0.05, 0.1) is 6.04 Å². The van der Waals surface area contributed by atoms with Gasteiger partial charge in [-0.05, 0) is 33.5 Å². The predicted octanol–water partition coefficient (Wildman–Crippen LogP) is 2.85. The van der Waals surface area contributed by atoms with E-state index in [9.17, 15) is 0 Å². The van der Waals surface area contributed by atoms with Gasteiger partial charge >= 0.3 is 0 Å². The maximum atomic E-state index is 4.44. The molecule has 0 radical (unpaired) electrons. The zero-order valence-corrected chi connectivity index (χ0v) is 14.0. The summed E-state index contributed by atoms with van der Waals surface area (Å²) in [5.41, 5.74) is 3.51. The summed E-state index contributed by atoms with van der Waals surface area (Å²) in [5, 5.41) is 6.41. The van der Waals surface area contributed by atoms with Crippen LogP contribution in [0.5, 0.6) is 0 Å². The molecule has 0 fully saturated rings. The van der Waals surface area contributed by atoms with Crippen molar-refractivity contribution >= 4 is 11.8 Å². The number of aryl methyl sites for hydroxylation is 2. The number of benzene rings is 1. The molecule has 0 aliphatic carbocycles. The van der Waals surface area contributed by atoms with Gasteiger partial charge in [-0.15, -0.1) is 0 Å². The Morgan fingerprint density at radius 3 is 2.36 bits per heavy atom. The molecule has 22 heavy (non-hydrogen) atoms. The minimum Gasteiger partial charge on any atom is -0.368 e. The summed E-state index contributed by atoms with van der Waals surface area (Å²) in [7, 11) is 6.01. The molecule has 5 nitrogen and oxygen atoms in total. The number of likely N-dealkylation sites (N-methyl/N-ethyl adjacent to an activating group) is 1. The van der Waals surface area contributed by atoms with Crippen LogP contribution in [-0.2, 0) is 0 Å². The zero-order valence-electron chi connectivity index (χ0n) is 14.0. The Balaban J connectivity index is 2.12. The fourth-order valence-corrected chi connectivity index (χ4v) is 2.36. The van der Waals surface area contributed by atoms with Crippen LogP contribution in [0.25, 0.3) is 0 Å². The molecule has 2 N–H and O–H groups in total. The number of aromatic nitrogens is 2. The van der Waals surface area contributed by atoms with Crippen molar-refractivity contribution in [1.29, 1.82) is 0 Å². The van der Waals surface area contributed by atoms with Gasteiger partial charge in [-0.2, -0.15) is 4.98 Å². The largest absolute Gasteiger partial charge is 0.368 e. The van der Waals surface area contributed by atoms with Gasteiger partial charge in [-0.1, -0.05) is 29.8 Å². The van der Waals surface area contributed by atoms with E-state index in [4.69, 9.17) is 0 Å². The molecular weight excluding hydrogens is 274 g/mol. The number of nitrogens with one attached hydrogen (secondary N) is 2. The Hall–Kier alpha value is -2.14. The Labute approximate surface area is 132 Å². The van der Waals surface area contributed by atoms with Gasteiger partial charge in [0.15, 0.2) is 0 Å². The Morgan fingerprint density at radius 1 is 1.09 bits per heavy atom. The molecule has 0 aliphatic rings. The SMILES string of the molecule is CNc1nc(C)cc(NC[C@@H](c2ccc(C)cc2)N(C)C)n1. The lowest BCUT2D eigenvalue weighted by Crippen LogP contribution is -2.27. The van der Waals surface area contributed by atoms with Crippen LogP contribution in [0.2, 0.25) is 0 Å². The van der Waals surface area contributed by atoms with Gasteiger partial charge in [-0.25, -0.2) is 4.98 Å². The second-order valence-corrected chi connectivity index (χ2v) is 5.74. The highest BCUT2D eigenvalue weighted by Gasteiger charge is 2.14. The fourth-order valence-electron chi connectivity index (χ4n) is 2.36. The number of hydrogen-bond acceptors (Lipinski definition) is 5. The van der Waals surface area contributed by atoms with Crippen LogP contribution in [0.4, 0.5) is 11.8 Å². The average Bonchev–Trinajstić information content (AvgIpc) is 2.48. The molecule has 0 saturated carbocycles. The first kappa shape index (κ1) is 16.2. The summed E-state index contributed by atoms with van der Waals surface area (Å²) in [6.07, 6.45) is 0. The van der Waals surface area contributed by atoms with E-state index >= 15 is 0 Å². The predicted molar refractivity (Wildman–Crippen MR) is 92.4 cm³/mol. The molecule has 118 valence electrons. The van der Waals surface area contributed by atoms with E-state index < -0.39 is 0 Å². The van der Waals surface area contributed by atoms with Crippen LogP contribution in [-0.4, -0.2) is 42.6 Å². The van der Waals surface area contributed by atoms with Crippen molar-refractivity contribution in [2.24, 2.45) is 0 Å². The Kier molecular flexibility index (Phi) is 5.33. The number of nitrogens with zero attached hydrogens (tertiary/aromatic N) is 3. The van der Waals surface area contributed by atoms with Crippen LogP contribution in [0, 0.1) is 13.8 Å². The van der Waals surface area contributed by atoms with Gasteiger partial charge in [0.1, 0.15) is 5.82 Å². The lowest BCUT2D eigenvalue weighted by Gasteiger charge is -2.25. The first-order valence-electron chi connectivity index (χ1n) is 7.50. The van der Waals surface area contributed by atoms with E-state index in [1.807, 2.05) is 20.0 Å². The number of hydrogen-bond donors (Lipinski definition) is 2. The monoisotopic (exact) mass is 299 g/mol. The van der Waals surface area contributed by atoms with E-state index in [0.29, 0.717) is 5.95 Å². The Morgan fingerprint density at radius 2 is 1.77 bits per heavy atom. The van der Waals surface area contributed by atoms with E-state index in [1.54, 1.807) is 0 Å². The van der Waals surface area contributed by atoms with Gasteiger partial charge in [-0.3, -0.25) is 0 Å². The van der Waals surface area contributed by atoms with Crippen LogP contribution in [0.3, 0.4) is 0 Å². The van der Waals surface area contributed by atoms with Crippen molar-refractivity contribution in [2.45, 2.75) is 19.9 Å². The molecule has 0 saturated heterocycles. The third-order valence-electron chi connectivity index (χ3n) is 3.64. The summed E-state index contributed by atoms with van der Waals surface area (Å²) in [6.45, 7) is 4.86.